The second-order valence-electron chi connectivity index (χ2n) is 4.73. The zero-order valence-electron chi connectivity index (χ0n) is 11.7. The van der Waals surface area contributed by atoms with E-state index in [1.165, 1.54) is 6.07 Å². The summed E-state index contributed by atoms with van der Waals surface area (Å²) in [6, 6.07) is 15.7. The molecular weight excluding hydrogens is 279 g/mol. The first-order chi connectivity index (χ1) is 10.7. The van der Waals surface area contributed by atoms with Gasteiger partial charge < -0.3 is 10.3 Å². The van der Waals surface area contributed by atoms with Gasteiger partial charge in [-0.2, -0.15) is 0 Å². The van der Waals surface area contributed by atoms with E-state index in [2.05, 4.69) is 22.1 Å². The van der Waals surface area contributed by atoms with Crippen molar-refractivity contribution in [1.29, 1.82) is 0 Å². The fraction of sp³-hybridized carbons (Fsp3) is 0.0556. The topological polar surface area (TPSA) is 44.9 Å². The number of hydrogen-bond donors (Lipinski definition) is 2. The largest absolute Gasteiger partial charge is 0.351 e. The zero-order valence-corrected chi connectivity index (χ0v) is 11.7. The summed E-state index contributed by atoms with van der Waals surface area (Å²) < 4.78 is 13.4. The summed E-state index contributed by atoms with van der Waals surface area (Å²) in [4.78, 5) is 15.1. The fourth-order valence-electron chi connectivity index (χ4n) is 2.12. The predicted molar refractivity (Wildman–Crippen MR) is 83.9 cm³/mol. The maximum Gasteiger partial charge on any atom is 0.268 e. The minimum Gasteiger partial charge on any atom is -0.351 e. The summed E-state index contributed by atoms with van der Waals surface area (Å²) in [5.74, 6) is 4.84. The van der Waals surface area contributed by atoms with Crippen LogP contribution < -0.4 is 5.32 Å². The quantitative estimate of drug-likeness (QED) is 0.700. The first-order valence-corrected chi connectivity index (χ1v) is 6.83. The Morgan fingerprint density at radius 3 is 2.73 bits per heavy atom. The van der Waals surface area contributed by atoms with Gasteiger partial charge in [-0.05, 0) is 24.3 Å². The number of amides is 1. The van der Waals surface area contributed by atoms with Gasteiger partial charge in [-0.1, -0.05) is 42.2 Å². The molecule has 22 heavy (non-hydrogen) atoms. The standard InChI is InChI=1S/C18H13FN2O/c19-15-9-3-1-6-13(15)8-5-11-20-18(22)17-12-14-7-2-4-10-16(14)21-17/h1-4,6-7,9-10,12,21H,11H2,(H,20,22). The number of halogens is 1. The minimum atomic E-state index is -0.364. The Kier molecular flexibility index (Phi) is 3.88. The van der Waals surface area contributed by atoms with Gasteiger partial charge in [0.25, 0.3) is 5.91 Å². The lowest BCUT2D eigenvalue weighted by Gasteiger charge is -1.97. The lowest BCUT2D eigenvalue weighted by atomic mass is 10.2. The Hall–Kier alpha value is -3.06. The molecule has 1 heterocycles. The van der Waals surface area contributed by atoms with Crippen LogP contribution in [0.4, 0.5) is 4.39 Å². The van der Waals surface area contributed by atoms with Gasteiger partial charge >= 0.3 is 0 Å². The summed E-state index contributed by atoms with van der Waals surface area (Å²) in [5, 5.41) is 3.66. The van der Waals surface area contributed by atoms with Crippen molar-refractivity contribution < 1.29 is 9.18 Å². The lowest BCUT2D eigenvalue weighted by molar-refractivity contribution is 0.0954. The van der Waals surface area contributed by atoms with E-state index in [9.17, 15) is 9.18 Å². The third kappa shape index (κ3) is 2.99. The van der Waals surface area contributed by atoms with Crippen LogP contribution in [0.5, 0.6) is 0 Å². The van der Waals surface area contributed by atoms with Crippen LogP contribution in [0.1, 0.15) is 16.1 Å². The molecule has 0 atom stereocenters. The van der Waals surface area contributed by atoms with E-state index in [0.717, 1.165) is 10.9 Å². The molecular formula is C18H13FN2O. The highest BCUT2D eigenvalue weighted by atomic mass is 19.1. The van der Waals surface area contributed by atoms with Crippen molar-refractivity contribution in [3.8, 4) is 11.8 Å². The number of para-hydroxylation sites is 1. The molecule has 0 bridgehead atoms. The van der Waals surface area contributed by atoms with Gasteiger partial charge in [0.05, 0.1) is 12.1 Å². The molecule has 0 spiro atoms. The highest BCUT2D eigenvalue weighted by Gasteiger charge is 2.07. The number of rotatable bonds is 2. The van der Waals surface area contributed by atoms with Gasteiger partial charge in [-0.25, -0.2) is 4.39 Å². The monoisotopic (exact) mass is 292 g/mol. The second-order valence-corrected chi connectivity index (χ2v) is 4.73. The Balaban J connectivity index is 1.65. The summed E-state index contributed by atoms with van der Waals surface area (Å²) in [6.07, 6.45) is 0. The molecule has 2 aromatic carbocycles. The Morgan fingerprint density at radius 1 is 1.14 bits per heavy atom. The van der Waals surface area contributed by atoms with Gasteiger partial charge in [0.15, 0.2) is 0 Å². The van der Waals surface area contributed by atoms with E-state index >= 15 is 0 Å². The van der Waals surface area contributed by atoms with Gasteiger partial charge in [0, 0.05) is 10.9 Å². The van der Waals surface area contributed by atoms with E-state index in [0.29, 0.717) is 11.3 Å². The summed E-state index contributed by atoms with van der Waals surface area (Å²) in [5.41, 5.74) is 1.71. The molecule has 1 aromatic heterocycles. The van der Waals surface area contributed by atoms with E-state index in [1.807, 2.05) is 24.3 Å². The molecule has 0 unspecified atom stereocenters. The average Bonchev–Trinajstić information content (AvgIpc) is 2.97. The first-order valence-electron chi connectivity index (χ1n) is 6.83. The maximum atomic E-state index is 13.4. The third-order valence-corrected chi connectivity index (χ3v) is 3.21. The number of hydrogen-bond acceptors (Lipinski definition) is 1. The Labute approximate surface area is 127 Å². The molecule has 3 nitrogen and oxygen atoms in total. The normalized spacial score (nSPS) is 10.0. The molecule has 0 fully saturated rings. The molecule has 3 aromatic rings. The van der Waals surface area contributed by atoms with Gasteiger partial charge in [0.1, 0.15) is 11.5 Å². The number of carbonyl (C=O) groups excluding carboxylic acids is 1. The van der Waals surface area contributed by atoms with Crippen LogP contribution in [-0.2, 0) is 0 Å². The average molecular weight is 292 g/mol. The molecule has 1 amide bonds. The number of aromatic amines is 1. The van der Waals surface area contributed by atoms with E-state index in [-0.39, 0.29) is 18.3 Å². The van der Waals surface area contributed by atoms with E-state index in [1.54, 1.807) is 24.3 Å². The molecule has 0 aliphatic heterocycles. The molecule has 108 valence electrons. The van der Waals surface area contributed by atoms with E-state index in [4.69, 9.17) is 0 Å². The van der Waals surface area contributed by atoms with Crippen LogP contribution in [0, 0.1) is 17.7 Å². The maximum absolute atomic E-state index is 13.4. The number of H-pyrrole nitrogens is 1. The third-order valence-electron chi connectivity index (χ3n) is 3.21. The molecule has 0 aliphatic carbocycles. The molecule has 0 saturated carbocycles. The lowest BCUT2D eigenvalue weighted by Crippen LogP contribution is -2.23. The SMILES string of the molecule is O=C(NCC#Cc1ccccc1F)c1cc2ccccc2[nH]1. The van der Waals surface area contributed by atoms with E-state index < -0.39 is 0 Å². The number of aromatic nitrogens is 1. The molecule has 0 saturated heterocycles. The summed E-state index contributed by atoms with van der Waals surface area (Å²) >= 11 is 0. The van der Waals surface area contributed by atoms with Gasteiger partial charge in [-0.15, -0.1) is 0 Å². The van der Waals surface area contributed by atoms with Crippen molar-refractivity contribution in [1.82, 2.24) is 10.3 Å². The van der Waals surface area contributed by atoms with Crippen molar-refractivity contribution in [2.24, 2.45) is 0 Å². The minimum absolute atomic E-state index is 0.155. The first kappa shape index (κ1) is 13.9. The van der Waals surface area contributed by atoms with Crippen LogP contribution in [0.3, 0.4) is 0 Å². The Bertz CT molecular complexity index is 853. The van der Waals surface area contributed by atoms with Crippen molar-refractivity contribution in [3.05, 3.63) is 71.7 Å². The predicted octanol–water partition coefficient (Wildman–Crippen LogP) is 3.09. The Morgan fingerprint density at radius 2 is 1.91 bits per heavy atom. The van der Waals surface area contributed by atoms with Gasteiger partial charge in [0.2, 0.25) is 0 Å². The molecule has 0 aliphatic rings. The summed E-state index contributed by atoms with van der Waals surface area (Å²) in [6.45, 7) is 0.155. The molecule has 2 N–H and O–H groups in total. The van der Waals surface area contributed by atoms with Crippen molar-refractivity contribution in [2.45, 2.75) is 0 Å². The van der Waals surface area contributed by atoms with Crippen molar-refractivity contribution in [3.63, 3.8) is 0 Å². The number of benzene rings is 2. The zero-order chi connectivity index (χ0) is 15.4. The van der Waals surface area contributed by atoms with Crippen LogP contribution in [-0.4, -0.2) is 17.4 Å². The van der Waals surface area contributed by atoms with Crippen LogP contribution >= 0.6 is 0 Å². The fourth-order valence-corrected chi connectivity index (χ4v) is 2.12. The van der Waals surface area contributed by atoms with Crippen molar-refractivity contribution >= 4 is 16.8 Å². The van der Waals surface area contributed by atoms with Crippen LogP contribution in [0.25, 0.3) is 10.9 Å². The second kappa shape index (κ2) is 6.15. The highest BCUT2D eigenvalue weighted by molar-refractivity contribution is 5.98. The number of nitrogens with one attached hydrogen (secondary N) is 2. The molecule has 4 heteroatoms. The summed E-state index contributed by atoms with van der Waals surface area (Å²) in [7, 11) is 0. The molecule has 0 radical (unpaired) electrons. The van der Waals surface area contributed by atoms with Crippen LogP contribution in [0.2, 0.25) is 0 Å². The number of carbonyl (C=O) groups is 1. The number of fused-ring (bicyclic) bond motifs is 1. The molecule has 3 rings (SSSR count). The van der Waals surface area contributed by atoms with Crippen LogP contribution in [0.15, 0.2) is 54.6 Å². The van der Waals surface area contributed by atoms with Crippen molar-refractivity contribution in [2.75, 3.05) is 6.54 Å². The highest BCUT2D eigenvalue weighted by Crippen LogP contribution is 2.14. The smallest absolute Gasteiger partial charge is 0.268 e. The van der Waals surface area contributed by atoms with Gasteiger partial charge in [-0.3, -0.25) is 4.79 Å².